The lowest BCUT2D eigenvalue weighted by Crippen LogP contribution is -2.37. The fourth-order valence-electron chi connectivity index (χ4n) is 10.3. The Kier molecular flexibility index (Phi) is 12.8. The molecule has 2 aliphatic carbocycles. The van der Waals surface area contributed by atoms with Crippen molar-refractivity contribution < 1.29 is 29.2 Å². The van der Waals surface area contributed by atoms with Gasteiger partial charge in [0.2, 0.25) is 0 Å². The lowest BCUT2D eigenvalue weighted by atomic mass is 9.72. The lowest BCUT2D eigenvalue weighted by molar-refractivity contribution is 0.0474. The first-order valence-corrected chi connectivity index (χ1v) is 22.1. The van der Waals surface area contributed by atoms with E-state index in [1.54, 1.807) is 14.2 Å². The van der Waals surface area contributed by atoms with Crippen molar-refractivity contribution in [3.05, 3.63) is 154 Å². The minimum atomic E-state index is -0.422. The van der Waals surface area contributed by atoms with Gasteiger partial charge in [0.05, 0.1) is 26.4 Å². The number of benzene rings is 5. The third-order valence-electron chi connectivity index (χ3n) is 14.4. The maximum Gasteiger partial charge on any atom is 0.161 e. The molecule has 8 heteroatoms. The number of rotatable bonds is 12. The fourth-order valence-corrected chi connectivity index (χ4v) is 10.3. The Labute approximate surface area is 362 Å². The summed E-state index contributed by atoms with van der Waals surface area (Å²) >= 11 is 0. The number of hydrogen-bond donors (Lipinski definition) is 3. The van der Waals surface area contributed by atoms with Gasteiger partial charge in [0, 0.05) is 81.1 Å². The van der Waals surface area contributed by atoms with Crippen LogP contribution in [-0.2, 0) is 32.2 Å². The molecular weight excluding hydrogens is 761 g/mol. The van der Waals surface area contributed by atoms with Gasteiger partial charge in [0.25, 0.3) is 0 Å². The smallest absolute Gasteiger partial charge is 0.161 e. The Morgan fingerprint density at radius 1 is 0.607 bits per heavy atom. The number of likely N-dealkylation sites (tertiary alicyclic amines) is 1. The molecule has 5 aromatic carbocycles. The van der Waals surface area contributed by atoms with Crippen molar-refractivity contribution in [1.82, 2.24) is 10.2 Å². The molecule has 3 N–H and O–H groups in total. The highest BCUT2D eigenvalue weighted by atomic mass is 16.5. The van der Waals surface area contributed by atoms with Crippen LogP contribution in [0.25, 0.3) is 0 Å². The van der Waals surface area contributed by atoms with Gasteiger partial charge < -0.3 is 34.5 Å². The molecule has 0 unspecified atom stereocenters. The third-order valence-corrected chi connectivity index (χ3v) is 14.4. The fraction of sp³-hybridized carbons (Fsp3) is 0.434. The second-order valence-electron chi connectivity index (χ2n) is 18.4. The molecular formula is C53H64N2O6. The van der Waals surface area contributed by atoms with E-state index in [1.807, 2.05) is 26.0 Å². The first-order valence-electron chi connectivity index (χ1n) is 22.1. The zero-order valence-electron chi connectivity index (χ0n) is 36.8. The van der Waals surface area contributed by atoms with Gasteiger partial charge >= 0.3 is 0 Å². The molecule has 4 aliphatic rings. The molecule has 9 rings (SSSR count). The highest BCUT2D eigenvalue weighted by Crippen LogP contribution is 2.48. The summed E-state index contributed by atoms with van der Waals surface area (Å²) in [4.78, 5) is 2.46. The third kappa shape index (κ3) is 9.05. The molecule has 8 nitrogen and oxygen atoms in total. The van der Waals surface area contributed by atoms with Gasteiger partial charge in [-0.1, -0.05) is 105 Å². The Bertz CT molecular complexity index is 2210. The maximum absolute atomic E-state index is 10.8. The van der Waals surface area contributed by atoms with Crippen LogP contribution in [0.15, 0.2) is 115 Å². The van der Waals surface area contributed by atoms with E-state index in [0.717, 1.165) is 81.4 Å². The molecule has 0 amide bonds. The van der Waals surface area contributed by atoms with Crippen molar-refractivity contribution in [1.29, 1.82) is 0 Å². The van der Waals surface area contributed by atoms with E-state index in [2.05, 4.69) is 127 Å². The minimum Gasteiger partial charge on any atom is -0.493 e. The summed E-state index contributed by atoms with van der Waals surface area (Å²) in [5.41, 5.74) is 8.75. The number of hydrogen-bond acceptors (Lipinski definition) is 8. The van der Waals surface area contributed by atoms with Gasteiger partial charge in [0.15, 0.2) is 23.0 Å². The number of nitrogens with zero attached hydrogens (tertiary/aromatic N) is 1. The highest BCUT2D eigenvalue weighted by Gasteiger charge is 2.47. The maximum atomic E-state index is 10.8. The van der Waals surface area contributed by atoms with Gasteiger partial charge in [-0.15, -0.1) is 0 Å². The van der Waals surface area contributed by atoms with E-state index < -0.39 is 6.10 Å². The number of ether oxygens (including phenoxy) is 4. The molecule has 5 aromatic rings. The molecule has 0 saturated carbocycles. The number of nitrogens with one attached hydrogen (secondary N) is 1. The number of fused-ring (bicyclic) bond motifs is 2. The molecule has 2 fully saturated rings. The first-order chi connectivity index (χ1) is 29.5. The van der Waals surface area contributed by atoms with Gasteiger partial charge in [-0.2, -0.15) is 0 Å². The number of aliphatic hydroxyl groups excluding tert-OH is 2. The van der Waals surface area contributed by atoms with E-state index in [1.165, 1.54) is 38.9 Å². The van der Waals surface area contributed by atoms with Crippen LogP contribution in [-0.4, -0.2) is 79.9 Å². The van der Waals surface area contributed by atoms with Gasteiger partial charge in [-0.3, -0.25) is 4.90 Å². The average molecular weight is 825 g/mol. The average Bonchev–Trinajstić information content (AvgIpc) is 4.05. The highest BCUT2D eigenvalue weighted by molar-refractivity contribution is 5.47. The van der Waals surface area contributed by atoms with Crippen LogP contribution in [0.1, 0.15) is 78.5 Å². The van der Waals surface area contributed by atoms with Crippen LogP contribution in [0.4, 0.5) is 0 Å². The zero-order valence-corrected chi connectivity index (χ0v) is 36.8. The van der Waals surface area contributed by atoms with E-state index in [9.17, 15) is 10.2 Å². The molecule has 6 atom stereocenters. The largest absolute Gasteiger partial charge is 0.493 e. The van der Waals surface area contributed by atoms with E-state index >= 15 is 0 Å². The first kappa shape index (κ1) is 42.8. The summed E-state index contributed by atoms with van der Waals surface area (Å²) in [5.74, 6) is 3.56. The van der Waals surface area contributed by atoms with E-state index in [0.29, 0.717) is 0 Å². The van der Waals surface area contributed by atoms with Gasteiger partial charge in [-0.25, -0.2) is 0 Å². The molecule has 322 valence electrons. The van der Waals surface area contributed by atoms with E-state index in [-0.39, 0.29) is 41.0 Å². The van der Waals surface area contributed by atoms with Crippen LogP contribution < -0.4 is 24.3 Å². The second kappa shape index (κ2) is 18.2. The van der Waals surface area contributed by atoms with E-state index in [4.69, 9.17) is 18.9 Å². The summed E-state index contributed by atoms with van der Waals surface area (Å²) < 4.78 is 24.2. The molecule has 0 bridgehead atoms. The van der Waals surface area contributed by atoms with Crippen LogP contribution in [0.2, 0.25) is 0 Å². The summed E-state index contributed by atoms with van der Waals surface area (Å²) in [5, 5.41) is 24.6. The van der Waals surface area contributed by atoms with Crippen molar-refractivity contribution in [3.63, 3.8) is 0 Å². The molecule has 0 spiro atoms. The number of methoxy groups -OCH3 is 2. The molecule has 2 saturated heterocycles. The monoisotopic (exact) mass is 824 g/mol. The van der Waals surface area contributed by atoms with Crippen LogP contribution >= 0.6 is 0 Å². The summed E-state index contributed by atoms with van der Waals surface area (Å²) in [6, 6.07) is 40.2. The quantitative estimate of drug-likeness (QED) is 0.115. The van der Waals surface area contributed by atoms with Crippen molar-refractivity contribution >= 4 is 0 Å². The second-order valence-corrected chi connectivity index (χ2v) is 18.4. The summed E-state index contributed by atoms with van der Waals surface area (Å²) in [7, 11) is 3.38. The summed E-state index contributed by atoms with van der Waals surface area (Å²) in [6.07, 6.45) is 3.15. The standard InChI is InChI=1S/C30H35NO3.C23H29NO3/c1-21(32)30(2)20-31(18-22-9-5-4-6-10-22)19-27(30)25-13-14-28(33-3)29(17-25)34-26-15-23-11-7-8-12-24(23)16-26;1-15(25)23(2)14-24-13-20(23)18-8-9-21(26-3)22(12-18)27-19-10-16-6-4-5-7-17(16)11-19/h4-14,17,21,26-27,32H,15-16,18-20H2,1-3H3;4-9,12,15,19-20,24-25H,10-11,13-14H2,1-3H3/t21-,27+,30+;15-,20+,23+/m11/s1. The lowest BCUT2D eigenvalue weighted by Gasteiger charge is -2.34. The summed E-state index contributed by atoms with van der Waals surface area (Å²) in [6.45, 7) is 12.5. The predicted molar refractivity (Wildman–Crippen MR) is 242 cm³/mol. The van der Waals surface area contributed by atoms with Crippen LogP contribution in [0, 0.1) is 10.8 Å². The van der Waals surface area contributed by atoms with Crippen LogP contribution in [0.3, 0.4) is 0 Å². The topological polar surface area (TPSA) is 92.7 Å². The van der Waals surface area contributed by atoms with Crippen molar-refractivity contribution in [2.75, 3.05) is 40.4 Å². The minimum absolute atomic E-state index is 0.114. The molecule has 2 heterocycles. The van der Waals surface area contributed by atoms with Crippen molar-refractivity contribution in [2.24, 2.45) is 10.8 Å². The van der Waals surface area contributed by atoms with Crippen molar-refractivity contribution in [2.45, 2.75) is 96.2 Å². The van der Waals surface area contributed by atoms with Crippen LogP contribution in [0.5, 0.6) is 23.0 Å². The SMILES string of the molecule is COc1ccc([C@@H]2CN(Cc3ccccc3)C[C@@]2(C)[C@@H](C)O)cc1OC1Cc2ccccc2C1.COc1ccc([C@@H]2CNC[C@@]2(C)[C@@H](C)O)cc1OC1Cc2ccccc2C1. The molecule has 0 radical (unpaired) electrons. The van der Waals surface area contributed by atoms with Gasteiger partial charge in [-0.05, 0) is 77.1 Å². The molecule has 2 aliphatic heterocycles. The predicted octanol–water partition coefficient (Wildman–Crippen LogP) is 8.54. The van der Waals surface area contributed by atoms with Gasteiger partial charge in [0.1, 0.15) is 12.2 Å². The Morgan fingerprint density at radius 2 is 1.07 bits per heavy atom. The Hall–Kier alpha value is -4.86. The number of aliphatic hydroxyl groups is 2. The Morgan fingerprint density at radius 3 is 1.52 bits per heavy atom. The molecule has 61 heavy (non-hydrogen) atoms. The normalized spacial score (nSPS) is 24.7. The van der Waals surface area contributed by atoms with Crippen molar-refractivity contribution in [3.8, 4) is 23.0 Å². The Balaban J connectivity index is 0.000000173. The molecule has 0 aromatic heterocycles. The zero-order chi connectivity index (χ0) is 42.7.